The number of piperazine rings is 1. The molecule has 7 heteroatoms. The quantitative estimate of drug-likeness (QED) is 0.841. The fourth-order valence-electron chi connectivity index (χ4n) is 3.58. The van der Waals surface area contributed by atoms with Gasteiger partial charge in [-0.25, -0.2) is 9.59 Å². The smallest absolute Gasteiger partial charge is 0.321 e. The molecule has 0 atom stereocenters. The number of anilines is 1. The lowest BCUT2D eigenvalue weighted by atomic mass is 10.1. The Kier molecular flexibility index (Phi) is 5.11. The van der Waals surface area contributed by atoms with Crippen molar-refractivity contribution in [3.63, 3.8) is 0 Å². The predicted molar refractivity (Wildman–Crippen MR) is 104 cm³/mol. The number of nitrogens with zero attached hydrogens (tertiary/aromatic N) is 3. The summed E-state index contributed by atoms with van der Waals surface area (Å²) >= 11 is 0. The second-order valence-corrected chi connectivity index (χ2v) is 6.81. The third-order valence-corrected chi connectivity index (χ3v) is 5.15. The summed E-state index contributed by atoms with van der Waals surface area (Å²) in [4.78, 5) is 30.6. The van der Waals surface area contributed by atoms with Gasteiger partial charge in [-0.1, -0.05) is 36.4 Å². The highest BCUT2D eigenvalue weighted by atomic mass is 16.5. The minimum Gasteiger partial charge on any atom is -0.378 e. The number of carbonyl (C=O) groups is 2. The SMILES string of the molecule is O=C(Nc1cccc2ccccc12)N1CCN(C(=O)N2CCOCC2)CC1. The van der Waals surface area contributed by atoms with Crippen LogP contribution in [0.3, 0.4) is 0 Å². The zero-order chi connectivity index (χ0) is 18.6. The van der Waals surface area contributed by atoms with Crippen LogP contribution in [0.4, 0.5) is 15.3 Å². The molecule has 7 nitrogen and oxygen atoms in total. The van der Waals surface area contributed by atoms with Crippen molar-refractivity contribution in [1.29, 1.82) is 0 Å². The number of ether oxygens (including phenoxy) is 1. The van der Waals surface area contributed by atoms with Crippen LogP contribution in [0.25, 0.3) is 10.8 Å². The Bertz CT molecular complexity index is 822. The van der Waals surface area contributed by atoms with E-state index in [4.69, 9.17) is 4.74 Å². The molecule has 2 aromatic rings. The van der Waals surface area contributed by atoms with Gasteiger partial charge in [0, 0.05) is 44.7 Å². The van der Waals surface area contributed by atoms with Crippen molar-refractivity contribution in [1.82, 2.24) is 14.7 Å². The molecule has 2 aliphatic rings. The number of carbonyl (C=O) groups excluding carboxylic acids is 2. The van der Waals surface area contributed by atoms with Gasteiger partial charge in [-0.15, -0.1) is 0 Å². The third-order valence-electron chi connectivity index (χ3n) is 5.15. The fourth-order valence-corrected chi connectivity index (χ4v) is 3.58. The fraction of sp³-hybridized carbons (Fsp3) is 0.400. The highest BCUT2D eigenvalue weighted by Crippen LogP contribution is 2.23. The zero-order valence-corrected chi connectivity index (χ0v) is 15.3. The summed E-state index contributed by atoms with van der Waals surface area (Å²) in [5.74, 6) is 0. The molecular formula is C20H24N4O3. The highest BCUT2D eigenvalue weighted by molar-refractivity contribution is 6.01. The Labute approximate surface area is 158 Å². The summed E-state index contributed by atoms with van der Waals surface area (Å²) in [7, 11) is 0. The summed E-state index contributed by atoms with van der Waals surface area (Å²) in [5, 5.41) is 5.14. The molecule has 4 rings (SSSR count). The van der Waals surface area contributed by atoms with E-state index in [0.29, 0.717) is 52.5 Å². The molecule has 0 bridgehead atoms. The van der Waals surface area contributed by atoms with Crippen LogP contribution in [0.15, 0.2) is 42.5 Å². The molecule has 0 unspecified atom stereocenters. The molecule has 0 radical (unpaired) electrons. The van der Waals surface area contributed by atoms with E-state index >= 15 is 0 Å². The topological polar surface area (TPSA) is 65.1 Å². The first kappa shape index (κ1) is 17.6. The van der Waals surface area contributed by atoms with E-state index in [9.17, 15) is 9.59 Å². The number of urea groups is 2. The van der Waals surface area contributed by atoms with E-state index in [1.807, 2.05) is 52.3 Å². The maximum Gasteiger partial charge on any atom is 0.321 e. The lowest BCUT2D eigenvalue weighted by Crippen LogP contribution is -2.56. The van der Waals surface area contributed by atoms with Crippen LogP contribution >= 0.6 is 0 Å². The number of hydrogen-bond acceptors (Lipinski definition) is 3. The van der Waals surface area contributed by atoms with Gasteiger partial charge in [0.05, 0.1) is 18.9 Å². The van der Waals surface area contributed by atoms with Crippen LogP contribution < -0.4 is 5.32 Å². The van der Waals surface area contributed by atoms with Crippen molar-refractivity contribution < 1.29 is 14.3 Å². The summed E-state index contributed by atoms with van der Waals surface area (Å²) < 4.78 is 5.30. The molecule has 2 heterocycles. The molecule has 0 aliphatic carbocycles. The van der Waals surface area contributed by atoms with Crippen LogP contribution in [0, 0.1) is 0 Å². The molecule has 1 N–H and O–H groups in total. The van der Waals surface area contributed by atoms with Crippen LogP contribution in [0.1, 0.15) is 0 Å². The second-order valence-electron chi connectivity index (χ2n) is 6.81. The van der Waals surface area contributed by atoms with Gasteiger partial charge in [-0.2, -0.15) is 0 Å². The maximum atomic E-state index is 12.7. The van der Waals surface area contributed by atoms with Crippen molar-refractivity contribution in [2.75, 3.05) is 57.8 Å². The molecule has 4 amide bonds. The largest absolute Gasteiger partial charge is 0.378 e. The van der Waals surface area contributed by atoms with E-state index in [0.717, 1.165) is 16.5 Å². The van der Waals surface area contributed by atoms with Gasteiger partial charge in [-0.05, 0) is 11.5 Å². The van der Waals surface area contributed by atoms with Crippen molar-refractivity contribution >= 4 is 28.5 Å². The number of rotatable bonds is 1. The van der Waals surface area contributed by atoms with Crippen LogP contribution in [-0.2, 0) is 4.74 Å². The Morgan fingerprint density at radius 1 is 0.778 bits per heavy atom. The Hall–Kier alpha value is -2.80. The average Bonchev–Trinajstić information content (AvgIpc) is 2.74. The molecule has 27 heavy (non-hydrogen) atoms. The number of amides is 4. The zero-order valence-electron chi connectivity index (χ0n) is 15.3. The van der Waals surface area contributed by atoms with E-state index in [1.165, 1.54) is 0 Å². The molecule has 2 aliphatic heterocycles. The normalized spacial score (nSPS) is 17.9. The van der Waals surface area contributed by atoms with E-state index < -0.39 is 0 Å². The number of fused-ring (bicyclic) bond motifs is 1. The molecule has 0 saturated carbocycles. The second kappa shape index (κ2) is 7.84. The van der Waals surface area contributed by atoms with E-state index in [1.54, 1.807) is 4.90 Å². The molecule has 2 saturated heterocycles. The van der Waals surface area contributed by atoms with Crippen molar-refractivity contribution in [3.05, 3.63) is 42.5 Å². The van der Waals surface area contributed by atoms with Gasteiger partial charge in [0.2, 0.25) is 0 Å². The molecule has 2 fully saturated rings. The first-order valence-corrected chi connectivity index (χ1v) is 9.38. The lowest BCUT2D eigenvalue weighted by Gasteiger charge is -2.38. The van der Waals surface area contributed by atoms with Gasteiger partial charge in [0.25, 0.3) is 0 Å². The predicted octanol–water partition coefficient (Wildman–Crippen LogP) is 2.44. The lowest BCUT2D eigenvalue weighted by molar-refractivity contribution is 0.0394. The van der Waals surface area contributed by atoms with Crippen LogP contribution in [0.5, 0.6) is 0 Å². The highest BCUT2D eigenvalue weighted by Gasteiger charge is 2.28. The van der Waals surface area contributed by atoms with E-state index in [2.05, 4.69) is 5.32 Å². The molecule has 2 aromatic carbocycles. The monoisotopic (exact) mass is 368 g/mol. The summed E-state index contributed by atoms with van der Waals surface area (Å²) in [6.45, 7) is 4.65. The summed E-state index contributed by atoms with van der Waals surface area (Å²) in [6.07, 6.45) is 0. The van der Waals surface area contributed by atoms with Gasteiger partial charge < -0.3 is 24.8 Å². The standard InChI is InChI=1S/C20H24N4O3/c25-19(21-18-7-3-5-16-4-1-2-6-17(16)18)22-8-10-23(11-9-22)20(26)24-12-14-27-15-13-24/h1-7H,8-15H2,(H,21,25). The minimum absolute atomic E-state index is 0.0485. The number of morpholine rings is 1. The summed E-state index contributed by atoms with van der Waals surface area (Å²) in [5.41, 5.74) is 0.810. The summed E-state index contributed by atoms with van der Waals surface area (Å²) in [6, 6.07) is 13.8. The average molecular weight is 368 g/mol. The molecule has 0 spiro atoms. The first-order chi connectivity index (χ1) is 13.2. The van der Waals surface area contributed by atoms with Crippen molar-refractivity contribution in [2.24, 2.45) is 0 Å². The Morgan fingerprint density at radius 3 is 2.19 bits per heavy atom. The van der Waals surface area contributed by atoms with Gasteiger partial charge >= 0.3 is 12.1 Å². The van der Waals surface area contributed by atoms with Gasteiger partial charge in [0.15, 0.2) is 0 Å². The maximum absolute atomic E-state index is 12.7. The number of hydrogen-bond donors (Lipinski definition) is 1. The van der Waals surface area contributed by atoms with Crippen molar-refractivity contribution in [3.8, 4) is 0 Å². The molecule has 0 aromatic heterocycles. The number of nitrogens with one attached hydrogen (secondary N) is 1. The Morgan fingerprint density at radius 2 is 1.41 bits per heavy atom. The minimum atomic E-state index is -0.121. The van der Waals surface area contributed by atoms with Crippen LogP contribution in [0.2, 0.25) is 0 Å². The Balaban J connectivity index is 1.35. The molecular weight excluding hydrogens is 344 g/mol. The van der Waals surface area contributed by atoms with Crippen molar-refractivity contribution in [2.45, 2.75) is 0 Å². The first-order valence-electron chi connectivity index (χ1n) is 9.38. The van der Waals surface area contributed by atoms with Gasteiger partial charge in [-0.3, -0.25) is 0 Å². The van der Waals surface area contributed by atoms with Gasteiger partial charge in [0.1, 0.15) is 0 Å². The van der Waals surface area contributed by atoms with Crippen LogP contribution in [-0.4, -0.2) is 79.2 Å². The molecule has 142 valence electrons. The third kappa shape index (κ3) is 3.83. The number of benzene rings is 2. The van der Waals surface area contributed by atoms with E-state index in [-0.39, 0.29) is 12.1 Å².